The molecule has 0 bridgehead atoms. The van der Waals surface area contributed by atoms with E-state index in [1.54, 1.807) is 0 Å². The minimum atomic E-state index is -0.730. The molecule has 1 fully saturated rings. The zero-order chi connectivity index (χ0) is 21.9. The Morgan fingerprint density at radius 1 is 1.10 bits per heavy atom. The molecule has 3 rings (SSSR count). The monoisotopic (exact) mass is 416 g/mol. The largest absolute Gasteiger partial charge is 0.481 e. The molecule has 1 atom stereocenters. The van der Waals surface area contributed by atoms with Gasteiger partial charge in [-0.1, -0.05) is 24.3 Å². The van der Waals surface area contributed by atoms with Gasteiger partial charge in [-0.25, -0.2) is 4.79 Å². The molecule has 2 aliphatic rings. The van der Waals surface area contributed by atoms with Crippen molar-refractivity contribution in [3.8, 4) is 0 Å². The van der Waals surface area contributed by atoms with Crippen LogP contribution in [0.4, 0.5) is 4.79 Å². The summed E-state index contributed by atoms with van der Waals surface area (Å²) in [6.45, 7) is 6.28. The summed E-state index contributed by atoms with van der Waals surface area (Å²) in [4.78, 5) is 38.5. The van der Waals surface area contributed by atoms with Gasteiger partial charge in [-0.15, -0.1) is 0 Å². The van der Waals surface area contributed by atoms with E-state index in [0.717, 1.165) is 24.0 Å². The van der Waals surface area contributed by atoms with Crippen LogP contribution < -0.4 is 5.32 Å². The van der Waals surface area contributed by atoms with Crippen molar-refractivity contribution in [1.29, 1.82) is 0 Å². The zero-order valence-electron chi connectivity index (χ0n) is 18.0. The fourth-order valence-electron chi connectivity index (χ4n) is 4.25. The van der Waals surface area contributed by atoms with Gasteiger partial charge in [-0.2, -0.15) is 0 Å². The summed E-state index contributed by atoms with van der Waals surface area (Å²) in [5.41, 5.74) is 1.46. The third-order valence-electron chi connectivity index (χ3n) is 5.94. The average molecular weight is 417 g/mol. The molecule has 0 aromatic heterocycles. The number of nitrogens with zero attached hydrogens (tertiary/aromatic N) is 1. The Balaban J connectivity index is 1.65. The van der Waals surface area contributed by atoms with E-state index in [-0.39, 0.29) is 17.7 Å². The van der Waals surface area contributed by atoms with Crippen LogP contribution in [0, 0.1) is 11.8 Å². The number of carbonyl (C=O) groups is 3. The summed E-state index contributed by atoms with van der Waals surface area (Å²) in [5, 5.41) is 12.1. The minimum absolute atomic E-state index is 0.185. The van der Waals surface area contributed by atoms with E-state index in [4.69, 9.17) is 9.84 Å². The van der Waals surface area contributed by atoms with E-state index in [0.29, 0.717) is 32.4 Å². The molecule has 1 aliphatic carbocycles. The lowest BCUT2D eigenvalue weighted by Gasteiger charge is -2.37. The molecule has 1 aromatic carbocycles. The lowest BCUT2D eigenvalue weighted by molar-refractivity contribution is -0.143. The Labute approximate surface area is 177 Å². The smallest absolute Gasteiger partial charge is 0.411 e. The molecule has 164 valence electrons. The van der Waals surface area contributed by atoms with Gasteiger partial charge < -0.3 is 15.2 Å². The number of fused-ring (bicyclic) bond motifs is 1. The topological polar surface area (TPSA) is 95.9 Å². The van der Waals surface area contributed by atoms with Gasteiger partial charge in [0.25, 0.3) is 0 Å². The van der Waals surface area contributed by atoms with Crippen molar-refractivity contribution in [2.45, 2.75) is 71.1 Å². The molecular weight excluding hydrogens is 384 g/mol. The highest BCUT2D eigenvalue weighted by Crippen LogP contribution is 2.29. The van der Waals surface area contributed by atoms with Crippen LogP contribution in [0.5, 0.6) is 0 Å². The van der Waals surface area contributed by atoms with Crippen LogP contribution in [-0.4, -0.2) is 46.2 Å². The van der Waals surface area contributed by atoms with E-state index < -0.39 is 23.7 Å². The van der Waals surface area contributed by atoms with Crippen molar-refractivity contribution in [2.24, 2.45) is 11.8 Å². The number of ether oxygens (including phenoxy) is 1. The van der Waals surface area contributed by atoms with Crippen LogP contribution in [0.3, 0.4) is 0 Å². The molecular formula is C23H32N2O5. The summed E-state index contributed by atoms with van der Waals surface area (Å²) in [7, 11) is 0. The quantitative estimate of drug-likeness (QED) is 0.785. The molecule has 1 aliphatic heterocycles. The van der Waals surface area contributed by atoms with E-state index in [1.807, 2.05) is 45.0 Å². The van der Waals surface area contributed by atoms with Crippen molar-refractivity contribution in [3.05, 3.63) is 35.4 Å². The first-order valence-electron chi connectivity index (χ1n) is 10.7. The number of carboxylic acid groups (broad SMARTS) is 1. The summed E-state index contributed by atoms with van der Waals surface area (Å²) < 4.78 is 5.55. The first-order valence-corrected chi connectivity index (χ1v) is 10.7. The molecule has 30 heavy (non-hydrogen) atoms. The predicted octanol–water partition coefficient (Wildman–Crippen LogP) is 3.36. The molecule has 1 saturated carbocycles. The Bertz CT molecular complexity index is 793. The summed E-state index contributed by atoms with van der Waals surface area (Å²) >= 11 is 0. The van der Waals surface area contributed by atoms with E-state index in [2.05, 4.69) is 5.32 Å². The van der Waals surface area contributed by atoms with E-state index in [1.165, 1.54) is 4.90 Å². The van der Waals surface area contributed by atoms with E-state index in [9.17, 15) is 14.4 Å². The lowest BCUT2D eigenvalue weighted by atomic mass is 9.82. The standard InChI is InChI=1S/C23H32N2O5/c1-23(2,3)30-22(29)25-14-18-7-5-4-6-17(18)12-19(25)20(26)24-13-15-8-10-16(11-9-15)21(27)28/h4-7,15-16,19H,8-14H2,1-3H3,(H,24,26)(H,27,28)/t15?,16?,19-/m0/s1. The maximum Gasteiger partial charge on any atom is 0.411 e. The van der Waals surface area contributed by atoms with Gasteiger partial charge in [0, 0.05) is 13.0 Å². The van der Waals surface area contributed by atoms with Crippen molar-refractivity contribution in [3.63, 3.8) is 0 Å². The molecule has 2 amide bonds. The van der Waals surface area contributed by atoms with Gasteiger partial charge in [0.05, 0.1) is 12.5 Å². The predicted molar refractivity (Wildman–Crippen MR) is 112 cm³/mol. The normalized spacial score (nSPS) is 24.0. The first-order chi connectivity index (χ1) is 14.1. The molecule has 7 heteroatoms. The first kappa shape index (κ1) is 22.1. The Kier molecular flexibility index (Phi) is 6.68. The molecule has 1 heterocycles. The maximum absolute atomic E-state index is 13.0. The molecule has 7 nitrogen and oxygen atoms in total. The Morgan fingerprint density at radius 3 is 2.33 bits per heavy atom. The Hall–Kier alpha value is -2.57. The second-order valence-electron chi connectivity index (χ2n) is 9.40. The molecule has 0 saturated heterocycles. The second-order valence-corrected chi connectivity index (χ2v) is 9.40. The van der Waals surface area contributed by atoms with Gasteiger partial charge >= 0.3 is 12.1 Å². The molecule has 0 unspecified atom stereocenters. The Morgan fingerprint density at radius 2 is 1.73 bits per heavy atom. The van der Waals surface area contributed by atoms with Gasteiger partial charge in [-0.05, 0) is 63.5 Å². The number of hydrogen-bond acceptors (Lipinski definition) is 4. The third kappa shape index (κ3) is 5.52. The van der Waals surface area contributed by atoms with Crippen LogP contribution in [-0.2, 0) is 27.3 Å². The fourth-order valence-corrected chi connectivity index (χ4v) is 4.25. The van der Waals surface area contributed by atoms with Crippen molar-refractivity contribution < 1.29 is 24.2 Å². The van der Waals surface area contributed by atoms with E-state index >= 15 is 0 Å². The molecule has 1 aromatic rings. The number of nitrogens with one attached hydrogen (secondary N) is 1. The van der Waals surface area contributed by atoms with Gasteiger partial charge in [0.1, 0.15) is 11.6 Å². The number of carboxylic acids is 1. The van der Waals surface area contributed by atoms with Crippen molar-refractivity contribution in [2.75, 3.05) is 6.54 Å². The highest BCUT2D eigenvalue weighted by molar-refractivity contribution is 5.86. The van der Waals surface area contributed by atoms with Crippen LogP contribution in [0.1, 0.15) is 57.6 Å². The number of aliphatic carboxylic acids is 1. The summed E-state index contributed by atoms with van der Waals surface area (Å²) in [5.74, 6) is -0.910. The van der Waals surface area contributed by atoms with Gasteiger partial charge in [-0.3, -0.25) is 14.5 Å². The zero-order valence-corrected chi connectivity index (χ0v) is 18.0. The van der Waals surface area contributed by atoms with Crippen molar-refractivity contribution >= 4 is 18.0 Å². The number of amides is 2. The van der Waals surface area contributed by atoms with Crippen LogP contribution in [0.25, 0.3) is 0 Å². The fraction of sp³-hybridized carbons (Fsp3) is 0.609. The van der Waals surface area contributed by atoms with Crippen LogP contribution in [0.15, 0.2) is 24.3 Å². The highest BCUT2D eigenvalue weighted by atomic mass is 16.6. The molecule has 0 radical (unpaired) electrons. The van der Waals surface area contributed by atoms with Gasteiger partial charge in [0.2, 0.25) is 5.91 Å². The molecule has 2 N–H and O–H groups in total. The number of benzene rings is 1. The lowest BCUT2D eigenvalue weighted by Crippen LogP contribution is -2.54. The van der Waals surface area contributed by atoms with Crippen molar-refractivity contribution in [1.82, 2.24) is 10.2 Å². The average Bonchev–Trinajstić information content (AvgIpc) is 2.70. The minimum Gasteiger partial charge on any atom is -0.481 e. The summed E-state index contributed by atoms with van der Waals surface area (Å²) in [6, 6.07) is 7.22. The van der Waals surface area contributed by atoms with Crippen LogP contribution >= 0.6 is 0 Å². The maximum atomic E-state index is 13.0. The third-order valence-corrected chi connectivity index (χ3v) is 5.94. The van der Waals surface area contributed by atoms with Crippen LogP contribution in [0.2, 0.25) is 0 Å². The number of carbonyl (C=O) groups excluding carboxylic acids is 2. The van der Waals surface area contributed by atoms with Gasteiger partial charge in [0.15, 0.2) is 0 Å². The SMILES string of the molecule is CC(C)(C)OC(=O)N1Cc2ccccc2C[C@H]1C(=O)NCC1CCC(C(=O)O)CC1. The second kappa shape index (κ2) is 9.06. The molecule has 0 spiro atoms. The highest BCUT2D eigenvalue weighted by Gasteiger charge is 2.37. The number of hydrogen-bond donors (Lipinski definition) is 2. The summed E-state index contributed by atoms with van der Waals surface area (Å²) in [6.07, 6.45) is 2.85. The number of rotatable bonds is 4.